The van der Waals surface area contributed by atoms with Crippen LogP contribution >= 0.6 is 11.3 Å². The van der Waals surface area contributed by atoms with Gasteiger partial charge in [-0.15, -0.1) is 11.3 Å². The van der Waals surface area contributed by atoms with Crippen LogP contribution in [0, 0.1) is 0 Å². The predicted molar refractivity (Wildman–Crippen MR) is 74.3 cm³/mol. The number of carbonyl (C=O) groups is 1. The topological polar surface area (TPSA) is 79.8 Å². The Hall–Kier alpha value is -2.02. The zero-order valence-electron chi connectivity index (χ0n) is 10.8. The number of carbonyl (C=O) groups excluding carboxylic acids is 1. The van der Waals surface area contributed by atoms with Crippen molar-refractivity contribution in [2.45, 2.75) is 19.4 Å². The Morgan fingerprint density at radius 2 is 2.32 bits per heavy atom. The van der Waals surface area contributed by atoms with Crippen molar-refractivity contribution < 1.29 is 4.79 Å². The van der Waals surface area contributed by atoms with Crippen LogP contribution in [0.2, 0.25) is 0 Å². The zero-order valence-corrected chi connectivity index (χ0v) is 11.6. The van der Waals surface area contributed by atoms with Gasteiger partial charge in [0.05, 0.1) is 5.69 Å². The summed E-state index contributed by atoms with van der Waals surface area (Å²) in [5, 5.41) is 8.26. The summed E-state index contributed by atoms with van der Waals surface area (Å²) in [6.07, 6.45) is 5.61. The fourth-order valence-electron chi connectivity index (χ4n) is 1.59. The van der Waals surface area contributed by atoms with Crippen LogP contribution in [0.4, 0.5) is 5.13 Å². The third kappa shape index (κ3) is 3.72. The highest BCUT2D eigenvalue weighted by Gasteiger charge is 2.13. The van der Waals surface area contributed by atoms with E-state index in [0.29, 0.717) is 12.1 Å². The van der Waals surface area contributed by atoms with Gasteiger partial charge < -0.3 is 10.6 Å². The molecule has 0 saturated carbocycles. The molecule has 7 heteroatoms. The van der Waals surface area contributed by atoms with E-state index in [1.807, 2.05) is 6.92 Å². The first kappa shape index (κ1) is 13.4. The van der Waals surface area contributed by atoms with Gasteiger partial charge in [-0.25, -0.2) is 4.98 Å². The molecule has 0 aliphatic heterocycles. The molecule has 0 aliphatic rings. The molecule has 100 valence electrons. The number of hydrogen-bond acceptors (Lipinski definition) is 6. The molecule has 0 fully saturated rings. The Morgan fingerprint density at radius 1 is 1.47 bits per heavy atom. The molecule has 2 rings (SSSR count). The van der Waals surface area contributed by atoms with Gasteiger partial charge in [0.25, 0.3) is 5.91 Å². The Bertz CT molecular complexity index is 542. The maximum atomic E-state index is 11.9. The summed E-state index contributed by atoms with van der Waals surface area (Å²) in [6, 6.07) is -0.0241. The molecule has 2 heterocycles. The zero-order chi connectivity index (χ0) is 13.7. The van der Waals surface area contributed by atoms with Crippen LogP contribution in [0.1, 0.15) is 23.1 Å². The molecule has 0 spiro atoms. The summed E-state index contributed by atoms with van der Waals surface area (Å²) < 4.78 is 0. The van der Waals surface area contributed by atoms with Gasteiger partial charge in [-0.05, 0) is 6.92 Å². The molecule has 0 aliphatic carbocycles. The molecular weight excluding hydrogens is 262 g/mol. The van der Waals surface area contributed by atoms with Crippen molar-refractivity contribution in [2.75, 3.05) is 12.4 Å². The second-order valence-corrected chi connectivity index (χ2v) is 4.92. The van der Waals surface area contributed by atoms with E-state index in [0.717, 1.165) is 10.8 Å². The number of nitrogens with one attached hydrogen (secondary N) is 2. The van der Waals surface area contributed by atoms with Crippen LogP contribution in [0.25, 0.3) is 0 Å². The number of nitrogens with zero attached hydrogens (tertiary/aromatic N) is 3. The molecule has 2 aromatic rings. The molecule has 1 amide bonds. The summed E-state index contributed by atoms with van der Waals surface area (Å²) in [7, 11) is 1.78. The van der Waals surface area contributed by atoms with Gasteiger partial charge in [-0.2, -0.15) is 0 Å². The van der Waals surface area contributed by atoms with Crippen molar-refractivity contribution in [1.29, 1.82) is 0 Å². The smallest absolute Gasteiger partial charge is 0.271 e. The second-order valence-electron chi connectivity index (χ2n) is 4.06. The maximum Gasteiger partial charge on any atom is 0.271 e. The van der Waals surface area contributed by atoms with Crippen molar-refractivity contribution in [1.82, 2.24) is 20.3 Å². The van der Waals surface area contributed by atoms with Crippen molar-refractivity contribution in [3.8, 4) is 0 Å². The highest BCUT2D eigenvalue weighted by Crippen LogP contribution is 2.14. The number of amides is 1. The predicted octanol–water partition coefficient (Wildman–Crippen LogP) is 1.34. The second kappa shape index (κ2) is 6.24. The molecule has 1 atom stereocenters. The van der Waals surface area contributed by atoms with Crippen LogP contribution in [0.5, 0.6) is 0 Å². The fourth-order valence-corrected chi connectivity index (χ4v) is 2.24. The Kier molecular flexibility index (Phi) is 4.40. The van der Waals surface area contributed by atoms with Gasteiger partial charge in [-0.3, -0.25) is 14.8 Å². The van der Waals surface area contributed by atoms with Crippen molar-refractivity contribution in [2.24, 2.45) is 0 Å². The van der Waals surface area contributed by atoms with E-state index in [1.54, 1.807) is 31.0 Å². The van der Waals surface area contributed by atoms with Gasteiger partial charge in [0, 0.05) is 43.5 Å². The Balaban J connectivity index is 1.91. The van der Waals surface area contributed by atoms with Crippen LogP contribution in [0.3, 0.4) is 0 Å². The highest BCUT2D eigenvalue weighted by molar-refractivity contribution is 7.13. The Labute approximate surface area is 115 Å². The number of anilines is 1. The van der Waals surface area contributed by atoms with Gasteiger partial charge >= 0.3 is 0 Å². The minimum Gasteiger partial charge on any atom is -0.365 e. The minimum absolute atomic E-state index is 0.0241. The lowest BCUT2D eigenvalue weighted by Gasteiger charge is -2.12. The van der Waals surface area contributed by atoms with E-state index in [4.69, 9.17) is 0 Å². The van der Waals surface area contributed by atoms with Gasteiger partial charge in [0.15, 0.2) is 5.13 Å². The lowest BCUT2D eigenvalue weighted by atomic mass is 10.2. The average Bonchev–Trinajstić information content (AvgIpc) is 2.88. The van der Waals surface area contributed by atoms with E-state index in [1.165, 1.54) is 11.3 Å². The van der Waals surface area contributed by atoms with E-state index in [9.17, 15) is 4.79 Å². The molecule has 0 saturated heterocycles. The molecule has 0 bridgehead atoms. The monoisotopic (exact) mass is 277 g/mol. The largest absolute Gasteiger partial charge is 0.365 e. The highest BCUT2D eigenvalue weighted by atomic mass is 32.1. The minimum atomic E-state index is -0.172. The number of hydrogen-bond donors (Lipinski definition) is 2. The number of aromatic nitrogens is 3. The summed E-state index contributed by atoms with van der Waals surface area (Å²) in [5.74, 6) is -0.172. The lowest BCUT2D eigenvalue weighted by Crippen LogP contribution is -2.34. The molecular formula is C12H15N5OS. The third-order valence-corrected chi connectivity index (χ3v) is 3.32. The first-order valence-electron chi connectivity index (χ1n) is 5.88. The molecule has 6 nitrogen and oxygen atoms in total. The molecule has 19 heavy (non-hydrogen) atoms. The van der Waals surface area contributed by atoms with E-state index in [-0.39, 0.29) is 11.9 Å². The van der Waals surface area contributed by atoms with Gasteiger partial charge in [-0.1, -0.05) is 0 Å². The SMILES string of the molecule is CNc1nc(C(=O)N[C@H](C)Cc2cnccn2)cs1. The first-order valence-corrected chi connectivity index (χ1v) is 6.76. The first-order chi connectivity index (χ1) is 9.19. The lowest BCUT2D eigenvalue weighted by molar-refractivity contribution is 0.0935. The fraction of sp³-hybridized carbons (Fsp3) is 0.333. The van der Waals surface area contributed by atoms with Crippen LogP contribution < -0.4 is 10.6 Å². The Morgan fingerprint density at radius 3 is 2.95 bits per heavy atom. The van der Waals surface area contributed by atoms with Gasteiger partial charge in [0.2, 0.25) is 0 Å². The summed E-state index contributed by atoms with van der Waals surface area (Å²) >= 11 is 1.40. The van der Waals surface area contributed by atoms with Crippen molar-refractivity contribution in [3.05, 3.63) is 35.4 Å². The quantitative estimate of drug-likeness (QED) is 0.862. The number of rotatable bonds is 5. The number of thiazole rings is 1. The van der Waals surface area contributed by atoms with E-state index >= 15 is 0 Å². The van der Waals surface area contributed by atoms with E-state index in [2.05, 4.69) is 25.6 Å². The summed E-state index contributed by atoms with van der Waals surface area (Å²) in [5.41, 5.74) is 1.28. The van der Waals surface area contributed by atoms with Crippen LogP contribution in [-0.2, 0) is 6.42 Å². The molecule has 0 aromatic carbocycles. The standard InChI is InChI=1S/C12H15N5OS/c1-8(5-9-6-14-3-4-15-9)16-11(18)10-7-19-12(13-2)17-10/h3-4,6-8H,5H2,1-2H3,(H,13,17)(H,16,18)/t8-/m1/s1. The third-order valence-electron chi connectivity index (χ3n) is 2.46. The molecule has 2 aromatic heterocycles. The van der Waals surface area contributed by atoms with Gasteiger partial charge in [0.1, 0.15) is 5.69 Å². The van der Waals surface area contributed by atoms with Crippen LogP contribution in [0.15, 0.2) is 24.0 Å². The average molecular weight is 277 g/mol. The summed E-state index contributed by atoms with van der Waals surface area (Å²) in [4.78, 5) is 24.3. The van der Waals surface area contributed by atoms with E-state index < -0.39 is 0 Å². The molecule has 0 unspecified atom stereocenters. The van der Waals surface area contributed by atoms with Crippen molar-refractivity contribution >= 4 is 22.4 Å². The molecule has 0 radical (unpaired) electrons. The molecule has 2 N–H and O–H groups in total. The normalized spacial score (nSPS) is 11.9. The van der Waals surface area contributed by atoms with Crippen LogP contribution in [-0.4, -0.2) is 33.9 Å². The van der Waals surface area contributed by atoms with Crippen molar-refractivity contribution in [3.63, 3.8) is 0 Å². The summed E-state index contributed by atoms with van der Waals surface area (Å²) in [6.45, 7) is 1.93. The maximum absolute atomic E-state index is 11.9.